The third kappa shape index (κ3) is 2.72. The molecule has 1 aliphatic heterocycles. The van der Waals surface area contributed by atoms with E-state index in [0.717, 1.165) is 11.5 Å². The van der Waals surface area contributed by atoms with Crippen molar-refractivity contribution >= 4 is 23.2 Å². The summed E-state index contributed by atoms with van der Waals surface area (Å²) in [6.07, 6.45) is 1.70. The van der Waals surface area contributed by atoms with Crippen LogP contribution in [0.15, 0.2) is 36.0 Å². The number of hydrogen-bond donors (Lipinski definition) is 2. The van der Waals surface area contributed by atoms with Crippen LogP contribution in [0.2, 0.25) is 5.02 Å². The zero-order chi connectivity index (χ0) is 16.7. The number of phenolic OH excluding ortho intramolecular Hbond substituents is 1. The molecular weight excluding hydrogens is 314 g/mol. The molecule has 0 bridgehead atoms. The minimum Gasteiger partial charge on any atom is -0.507 e. The van der Waals surface area contributed by atoms with Crippen LogP contribution in [0.3, 0.4) is 0 Å². The molecule has 1 atom stereocenters. The molecule has 2 heterocycles. The first-order valence-electron chi connectivity index (χ1n) is 7.44. The normalized spacial score (nSPS) is 16.7. The van der Waals surface area contributed by atoms with Crippen molar-refractivity contribution < 1.29 is 9.90 Å². The molecule has 2 N–H and O–H groups in total. The third-order valence-electron chi connectivity index (χ3n) is 3.91. The average molecular weight is 332 g/mol. The Morgan fingerprint density at radius 1 is 1.39 bits per heavy atom. The maximum Gasteiger partial charge on any atom is 0.196 e. The van der Waals surface area contributed by atoms with E-state index < -0.39 is 0 Å². The third-order valence-corrected chi connectivity index (χ3v) is 4.15. The van der Waals surface area contributed by atoms with Gasteiger partial charge < -0.3 is 10.4 Å². The van der Waals surface area contributed by atoms with Crippen molar-refractivity contribution in [3.05, 3.63) is 52.3 Å². The van der Waals surface area contributed by atoms with E-state index in [1.165, 1.54) is 12.1 Å². The zero-order valence-electron chi connectivity index (χ0n) is 13.2. The van der Waals surface area contributed by atoms with Gasteiger partial charge in [-0.25, -0.2) is 4.68 Å². The van der Waals surface area contributed by atoms with Crippen LogP contribution in [0.25, 0.3) is 0 Å². The number of rotatable bonds is 3. The molecule has 1 aromatic carbocycles. The lowest BCUT2D eigenvalue weighted by Crippen LogP contribution is -2.28. The monoisotopic (exact) mass is 331 g/mol. The second-order valence-corrected chi connectivity index (χ2v) is 6.48. The molecule has 0 saturated heterocycles. The van der Waals surface area contributed by atoms with Gasteiger partial charge >= 0.3 is 0 Å². The minimum absolute atomic E-state index is 0.0785. The molecule has 2 aromatic rings. The lowest BCUT2D eigenvalue weighted by Gasteiger charge is -2.29. The van der Waals surface area contributed by atoms with E-state index in [4.69, 9.17) is 11.6 Å². The fourth-order valence-corrected chi connectivity index (χ4v) is 3.06. The number of anilines is 1. The first-order valence-corrected chi connectivity index (χ1v) is 7.82. The van der Waals surface area contributed by atoms with Gasteiger partial charge in [0.25, 0.3) is 0 Å². The number of allylic oxidation sites excluding steroid dienone is 1. The fraction of sp³-hybridized carbons (Fsp3) is 0.294. The summed E-state index contributed by atoms with van der Waals surface area (Å²) >= 11 is 5.97. The number of aromatic nitrogens is 2. The van der Waals surface area contributed by atoms with Gasteiger partial charge in [-0.1, -0.05) is 25.4 Å². The Hall–Kier alpha value is -2.27. The minimum atomic E-state index is -0.255. The molecule has 1 aliphatic rings. The number of hydrogen-bond acceptors (Lipinski definition) is 4. The summed E-state index contributed by atoms with van der Waals surface area (Å²) < 4.78 is 1.83. The lowest BCUT2D eigenvalue weighted by molar-refractivity contribution is 0.101. The Labute approximate surface area is 139 Å². The van der Waals surface area contributed by atoms with Crippen LogP contribution in [0.1, 0.15) is 35.9 Å². The topological polar surface area (TPSA) is 67.2 Å². The largest absolute Gasteiger partial charge is 0.507 e. The van der Waals surface area contributed by atoms with E-state index in [0.29, 0.717) is 10.6 Å². The van der Waals surface area contributed by atoms with E-state index in [1.807, 2.05) is 31.5 Å². The number of nitrogens with zero attached hydrogens (tertiary/aromatic N) is 2. The summed E-state index contributed by atoms with van der Waals surface area (Å²) in [6, 6.07) is 6.20. The number of phenols is 1. The highest BCUT2D eigenvalue weighted by Gasteiger charge is 2.32. The van der Waals surface area contributed by atoms with Crippen molar-refractivity contribution in [3.8, 4) is 5.75 Å². The van der Waals surface area contributed by atoms with Crippen LogP contribution in [-0.2, 0) is 0 Å². The number of Topliss-reactive ketones (excluding diaryl/α,β-unsaturated/α-hetero) is 1. The molecule has 23 heavy (non-hydrogen) atoms. The zero-order valence-corrected chi connectivity index (χ0v) is 13.9. The van der Waals surface area contributed by atoms with Crippen molar-refractivity contribution in [2.24, 2.45) is 5.92 Å². The number of carbonyl (C=O) groups is 1. The predicted octanol–water partition coefficient (Wildman–Crippen LogP) is 3.94. The van der Waals surface area contributed by atoms with Crippen LogP contribution in [0, 0.1) is 12.8 Å². The number of benzene rings is 1. The van der Waals surface area contributed by atoms with Gasteiger partial charge in [0, 0.05) is 22.9 Å². The van der Waals surface area contributed by atoms with E-state index in [1.54, 1.807) is 12.3 Å². The molecule has 6 heteroatoms. The predicted molar refractivity (Wildman–Crippen MR) is 90.0 cm³/mol. The van der Waals surface area contributed by atoms with Gasteiger partial charge in [0.1, 0.15) is 11.6 Å². The molecule has 120 valence electrons. The fourth-order valence-electron chi connectivity index (χ4n) is 2.89. The van der Waals surface area contributed by atoms with Gasteiger partial charge in [0.05, 0.1) is 17.3 Å². The van der Waals surface area contributed by atoms with Crippen LogP contribution in [0.4, 0.5) is 5.82 Å². The highest BCUT2D eigenvalue weighted by atomic mass is 35.5. The lowest BCUT2D eigenvalue weighted by atomic mass is 9.89. The number of aryl methyl sites for hydroxylation is 1. The summed E-state index contributed by atoms with van der Waals surface area (Å²) in [5.74, 6) is 0.681. The Morgan fingerprint density at radius 3 is 2.83 bits per heavy atom. The highest BCUT2D eigenvalue weighted by Crippen LogP contribution is 2.36. The van der Waals surface area contributed by atoms with Gasteiger partial charge in [-0.2, -0.15) is 5.10 Å². The van der Waals surface area contributed by atoms with E-state index in [2.05, 4.69) is 10.4 Å². The standard InChI is InChI=1S/C17H18ClN3O2/c1-9(2)16-13(8-19-15-6-10(3)20-21(15)16)17(23)12-7-11(18)4-5-14(12)22/h4-9,16,19,22H,1-3H3. The maximum absolute atomic E-state index is 12.9. The summed E-state index contributed by atoms with van der Waals surface area (Å²) in [6.45, 7) is 5.99. The summed E-state index contributed by atoms with van der Waals surface area (Å²) in [5.41, 5.74) is 1.63. The molecular formula is C17H18ClN3O2. The number of nitrogens with one attached hydrogen (secondary N) is 1. The van der Waals surface area contributed by atoms with E-state index in [9.17, 15) is 9.90 Å². The molecule has 0 fully saturated rings. The van der Waals surface area contributed by atoms with Crippen molar-refractivity contribution in [3.63, 3.8) is 0 Å². The van der Waals surface area contributed by atoms with Gasteiger partial charge in [0.15, 0.2) is 5.78 Å². The smallest absolute Gasteiger partial charge is 0.196 e. The van der Waals surface area contributed by atoms with Crippen molar-refractivity contribution in [2.45, 2.75) is 26.8 Å². The molecule has 0 radical (unpaired) electrons. The number of aromatic hydroxyl groups is 1. The van der Waals surface area contributed by atoms with Crippen molar-refractivity contribution in [1.82, 2.24) is 9.78 Å². The van der Waals surface area contributed by atoms with Crippen LogP contribution >= 0.6 is 11.6 Å². The first kappa shape index (κ1) is 15.6. The van der Waals surface area contributed by atoms with Gasteiger partial charge in [-0.05, 0) is 31.0 Å². The Balaban J connectivity index is 2.06. The van der Waals surface area contributed by atoms with Gasteiger partial charge in [-0.15, -0.1) is 0 Å². The molecule has 1 aromatic heterocycles. The molecule has 5 nitrogen and oxygen atoms in total. The molecule has 0 saturated carbocycles. The Morgan fingerprint density at radius 2 is 2.13 bits per heavy atom. The highest BCUT2D eigenvalue weighted by molar-refractivity contribution is 6.31. The first-order chi connectivity index (χ1) is 10.9. The van der Waals surface area contributed by atoms with E-state index >= 15 is 0 Å². The molecule has 1 unspecified atom stereocenters. The van der Waals surface area contributed by atoms with Crippen LogP contribution < -0.4 is 5.32 Å². The van der Waals surface area contributed by atoms with Crippen LogP contribution in [0.5, 0.6) is 5.75 Å². The maximum atomic E-state index is 12.9. The second kappa shape index (κ2) is 5.74. The number of halogens is 1. The quantitative estimate of drug-likeness (QED) is 0.836. The molecule has 3 rings (SSSR count). The SMILES string of the molecule is Cc1cc2n(n1)C(C(C)C)C(C(=O)c1cc(Cl)ccc1O)=CN2. The van der Waals surface area contributed by atoms with Gasteiger partial charge in [-0.3, -0.25) is 4.79 Å². The van der Waals surface area contributed by atoms with Crippen molar-refractivity contribution in [2.75, 3.05) is 5.32 Å². The Bertz CT molecular complexity index is 808. The van der Waals surface area contributed by atoms with Gasteiger partial charge in [0.2, 0.25) is 0 Å². The van der Waals surface area contributed by atoms with Crippen molar-refractivity contribution in [1.29, 1.82) is 0 Å². The summed E-state index contributed by atoms with van der Waals surface area (Å²) in [7, 11) is 0. The summed E-state index contributed by atoms with van der Waals surface area (Å²) in [4.78, 5) is 12.9. The number of ketones is 1. The van der Waals surface area contributed by atoms with E-state index in [-0.39, 0.29) is 29.1 Å². The van der Waals surface area contributed by atoms with Crippen LogP contribution in [-0.4, -0.2) is 20.7 Å². The average Bonchev–Trinajstić information content (AvgIpc) is 2.87. The molecule has 0 aliphatic carbocycles. The second-order valence-electron chi connectivity index (χ2n) is 6.04. The summed E-state index contributed by atoms with van der Waals surface area (Å²) in [5, 5.41) is 18.0. The molecule has 0 amide bonds. The Kier molecular flexibility index (Phi) is 3.90. The number of carbonyl (C=O) groups excluding carboxylic acids is 1. The number of fused-ring (bicyclic) bond motifs is 1. The molecule has 0 spiro atoms.